The SMILES string of the molecule is OC1CCCCC1N1C[C@H]2CNC[C@H]2C1. The van der Waals surface area contributed by atoms with Gasteiger partial charge in [0, 0.05) is 19.1 Å². The lowest BCUT2D eigenvalue weighted by atomic mass is 9.91. The third kappa shape index (κ3) is 1.81. The highest BCUT2D eigenvalue weighted by atomic mass is 16.3. The molecule has 2 aliphatic heterocycles. The lowest BCUT2D eigenvalue weighted by Crippen LogP contribution is -2.45. The van der Waals surface area contributed by atoms with Crippen LogP contribution in [-0.2, 0) is 0 Å². The van der Waals surface area contributed by atoms with Crippen molar-refractivity contribution < 1.29 is 5.11 Å². The van der Waals surface area contributed by atoms with Gasteiger partial charge in [-0.15, -0.1) is 0 Å². The van der Waals surface area contributed by atoms with E-state index in [1.165, 1.54) is 45.4 Å². The molecule has 2 N–H and O–H groups in total. The van der Waals surface area contributed by atoms with Gasteiger partial charge in [0.1, 0.15) is 0 Å². The molecule has 0 aromatic rings. The number of rotatable bonds is 1. The van der Waals surface area contributed by atoms with Crippen LogP contribution < -0.4 is 5.32 Å². The fourth-order valence-electron chi connectivity index (χ4n) is 3.68. The Bertz CT molecular complexity index is 222. The number of aliphatic hydroxyl groups is 1. The van der Waals surface area contributed by atoms with Crippen molar-refractivity contribution in [2.24, 2.45) is 11.8 Å². The van der Waals surface area contributed by atoms with Crippen LogP contribution in [0.5, 0.6) is 0 Å². The molecule has 3 nitrogen and oxygen atoms in total. The van der Waals surface area contributed by atoms with Crippen LogP contribution in [-0.4, -0.2) is 48.3 Å². The van der Waals surface area contributed by atoms with Crippen LogP contribution in [0.2, 0.25) is 0 Å². The van der Waals surface area contributed by atoms with E-state index in [0.29, 0.717) is 6.04 Å². The highest BCUT2D eigenvalue weighted by molar-refractivity contribution is 4.95. The molecule has 0 radical (unpaired) electrons. The quantitative estimate of drug-likeness (QED) is 0.659. The van der Waals surface area contributed by atoms with Crippen LogP contribution in [0.25, 0.3) is 0 Å². The Balaban J connectivity index is 1.63. The van der Waals surface area contributed by atoms with Gasteiger partial charge in [0.2, 0.25) is 0 Å². The molecule has 0 aromatic carbocycles. The second kappa shape index (κ2) is 4.04. The third-order valence-corrected chi connectivity index (χ3v) is 4.58. The van der Waals surface area contributed by atoms with Crippen molar-refractivity contribution in [1.82, 2.24) is 10.2 Å². The second-order valence-electron chi connectivity index (χ2n) is 5.55. The van der Waals surface area contributed by atoms with Gasteiger partial charge < -0.3 is 10.4 Å². The maximum atomic E-state index is 10.0. The lowest BCUT2D eigenvalue weighted by molar-refractivity contribution is 0.0278. The first kappa shape index (κ1) is 10.1. The van der Waals surface area contributed by atoms with E-state index in [1.54, 1.807) is 0 Å². The molecule has 3 rings (SSSR count). The van der Waals surface area contributed by atoms with E-state index in [9.17, 15) is 5.11 Å². The highest BCUT2D eigenvalue weighted by Crippen LogP contribution is 2.32. The fraction of sp³-hybridized carbons (Fsp3) is 1.00. The van der Waals surface area contributed by atoms with Crippen LogP contribution >= 0.6 is 0 Å². The topological polar surface area (TPSA) is 35.5 Å². The largest absolute Gasteiger partial charge is 0.391 e. The summed E-state index contributed by atoms with van der Waals surface area (Å²) in [6.45, 7) is 4.84. The average molecular weight is 210 g/mol. The minimum Gasteiger partial charge on any atom is -0.391 e. The molecule has 3 aliphatic rings. The Morgan fingerprint density at radius 3 is 2.33 bits per heavy atom. The number of nitrogens with one attached hydrogen (secondary N) is 1. The predicted octanol–water partition coefficient (Wildman–Crippen LogP) is 0.441. The van der Waals surface area contributed by atoms with Gasteiger partial charge in [-0.2, -0.15) is 0 Å². The van der Waals surface area contributed by atoms with Crippen molar-refractivity contribution >= 4 is 0 Å². The molecule has 2 unspecified atom stereocenters. The van der Waals surface area contributed by atoms with Gasteiger partial charge in [0.05, 0.1) is 6.10 Å². The molecule has 0 bridgehead atoms. The zero-order valence-electron chi connectivity index (χ0n) is 9.36. The van der Waals surface area contributed by atoms with Crippen LogP contribution in [0.4, 0.5) is 0 Å². The number of hydrogen-bond acceptors (Lipinski definition) is 3. The summed E-state index contributed by atoms with van der Waals surface area (Å²) in [5.41, 5.74) is 0. The predicted molar refractivity (Wildman–Crippen MR) is 59.7 cm³/mol. The number of nitrogens with zero attached hydrogens (tertiary/aromatic N) is 1. The average Bonchev–Trinajstić information content (AvgIpc) is 2.77. The van der Waals surface area contributed by atoms with E-state index in [0.717, 1.165) is 18.3 Å². The molecule has 2 heterocycles. The minimum absolute atomic E-state index is 0.0504. The Morgan fingerprint density at radius 2 is 1.67 bits per heavy atom. The number of aliphatic hydroxyl groups excluding tert-OH is 1. The molecular weight excluding hydrogens is 188 g/mol. The van der Waals surface area contributed by atoms with E-state index in [-0.39, 0.29) is 6.10 Å². The Labute approximate surface area is 91.8 Å². The van der Waals surface area contributed by atoms with Gasteiger partial charge in [0.15, 0.2) is 0 Å². The van der Waals surface area contributed by atoms with Gasteiger partial charge in [0.25, 0.3) is 0 Å². The maximum absolute atomic E-state index is 10.0. The molecule has 1 saturated carbocycles. The van der Waals surface area contributed by atoms with Crippen molar-refractivity contribution in [3.05, 3.63) is 0 Å². The molecule has 0 aromatic heterocycles. The third-order valence-electron chi connectivity index (χ3n) is 4.58. The normalized spacial score (nSPS) is 47.0. The van der Waals surface area contributed by atoms with Crippen molar-refractivity contribution in [3.8, 4) is 0 Å². The van der Waals surface area contributed by atoms with Gasteiger partial charge in [-0.1, -0.05) is 12.8 Å². The first-order chi connectivity index (χ1) is 7.34. The summed E-state index contributed by atoms with van der Waals surface area (Å²) in [4.78, 5) is 2.57. The summed E-state index contributed by atoms with van der Waals surface area (Å²) in [7, 11) is 0. The second-order valence-corrected chi connectivity index (χ2v) is 5.55. The summed E-state index contributed by atoms with van der Waals surface area (Å²) in [6.07, 6.45) is 4.72. The number of fused-ring (bicyclic) bond motifs is 1. The van der Waals surface area contributed by atoms with Crippen molar-refractivity contribution in [2.45, 2.75) is 37.8 Å². The molecule has 1 aliphatic carbocycles. The first-order valence-corrected chi connectivity index (χ1v) is 6.47. The summed E-state index contributed by atoms with van der Waals surface area (Å²) in [5, 5.41) is 13.5. The van der Waals surface area contributed by atoms with E-state index in [4.69, 9.17) is 0 Å². The zero-order chi connectivity index (χ0) is 10.3. The van der Waals surface area contributed by atoms with Gasteiger partial charge in [-0.25, -0.2) is 0 Å². The molecule has 86 valence electrons. The van der Waals surface area contributed by atoms with E-state index < -0.39 is 0 Å². The smallest absolute Gasteiger partial charge is 0.0695 e. The summed E-state index contributed by atoms with van der Waals surface area (Å²) in [5.74, 6) is 1.72. The molecular formula is C12H22N2O. The van der Waals surface area contributed by atoms with Gasteiger partial charge in [-0.05, 0) is 37.8 Å². The highest BCUT2D eigenvalue weighted by Gasteiger charge is 2.40. The summed E-state index contributed by atoms with van der Waals surface area (Å²) >= 11 is 0. The van der Waals surface area contributed by atoms with Crippen LogP contribution in [0.3, 0.4) is 0 Å². The van der Waals surface area contributed by atoms with Crippen molar-refractivity contribution in [2.75, 3.05) is 26.2 Å². The van der Waals surface area contributed by atoms with Crippen LogP contribution in [0.15, 0.2) is 0 Å². The van der Waals surface area contributed by atoms with Gasteiger partial charge >= 0.3 is 0 Å². The first-order valence-electron chi connectivity index (χ1n) is 6.47. The van der Waals surface area contributed by atoms with Crippen LogP contribution in [0, 0.1) is 11.8 Å². The molecule has 2 saturated heterocycles. The van der Waals surface area contributed by atoms with E-state index in [2.05, 4.69) is 10.2 Å². The number of hydrogen-bond donors (Lipinski definition) is 2. The maximum Gasteiger partial charge on any atom is 0.0695 e. The van der Waals surface area contributed by atoms with Gasteiger partial charge in [-0.3, -0.25) is 4.90 Å². The van der Waals surface area contributed by atoms with E-state index in [1.807, 2.05) is 0 Å². The zero-order valence-corrected chi connectivity index (χ0v) is 9.36. The molecule has 15 heavy (non-hydrogen) atoms. The summed E-state index contributed by atoms with van der Waals surface area (Å²) in [6, 6.07) is 0.476. The Morgan fingerprint density at radius 1 is 1.00 bits per heavy atom. The minimum atomic E-state index is -0.0504. The van der Waals surface area contributed by atoms with E-state index >= 15 is 0 Å². The number of likely N-dealkylation sites (tertiary alicyclic amines) is 1. The standard InChI is InChI=1S/C12H22N2O/c15-12-4-2-1-3-11(12)14-7-9-5-13-6-10(9)8-14/h9-13,15H,1-8H2/t9-,10+,11?,12?. The molecule has 0 amide bonds. The Hall–Kier alpha value is -0.120. The van der Waals surface area contributed by atoms with Crippen molar-refractivity contribution in [3.63, 3.8) is 0 Å². The Kier molecular flexibility index (Phi) is 2.71. The monoisotopic (exact) mass is 210 g/mol. The lowest BCUT2D eigenvalue weighted by Gasteiger charge is -2.35. The molecule has 0 spiro atoms. The molecule has 4 atom stereocenters. The van der Waals surface area contributed by atoms with Crippen LogP contribution in [0.1, 0.15) is 25.7 Å². The van der Waals surface area contributed by atoms with Crippen molar-refractivity contribution in [1.29, 1.82) is 0 Å². The fourth-order valence-corrected chi connectivity index (χ4v) is 3.68. The molecule has 3 heteroatoms. The summed E-state index contributed by atoms with van der Waals surface area (Å²) < 4.78 is 0. The molecule has 3 fully saturated rings.